The first-order valence-electron chi connectivity index (χ1n) is 13.4. The highest BCUT2D eigenvalue weighted by Gasteiger charge is 2.11. The summed E-state index contributed by atoms with van der Waals surface area (Å²) in [5.74, 6) is 0. The summed E-state index contributed by atoms with van der Waals surface area (Å²) in [5.41, 5.74) is 13.4. The Morgan fingerprint density at radius 1 is 0.500 bits per heavy atom. The van der Waals surface area contributed by atoms with Crippen molar-refractivity contribution in [3.05, 3.63) is 158 Å². The van der Waals surface area contributed by atoms with Crippen LogP contribution >= 0.6 is 0 Å². The molecule has 0 amide bonds. The Bertz CT molecular complexity index is 1600. The number of aromatic nitrogens is 2. The van der Waals surface area contributed by atoms with Crippen molar-refractivity contribution in [2.24, 2.45) is 0 Å². The topological polar surface area (TPSA) is 25.8 Å². The molecule has 0 radical (unpaired) electrons. The maximum Gasteiger partial charge on any atom is 0.0346 e. The predicted octanol–water partition coefficient (Wildman–Crippen LogP) is 10.3. The van der Waals surface area contributed by atoms with E-state index in [4.69, 9.17) is 0 Å². The molecule has 0 N–H and O–H groups in total. The van der Waals surface area contributed by atoms with E-state index in [2.05, 4.69) is 108 Å². The normalized spacial score (nSPS) is 11.8. The molecule has 0 aliphatic rings. The van der Waals surface area contributed by atoms with Crippen LogP contribution in [-0.4, -0.2) is 9.97 Å². The van der Waals surface area contributed by atoms with Gasteiger partial charge in [0.25, 0.3) is 0 Å². The minimum Gasteiger partial charge on any atom is -0.264 e. The lowest BCUT2D eigenvalue weighted by molar-refractivity contribution is 1.33. The fourth-order valence-electron chi connectivity index (χ4n) is 5.01. The van der Waals surface area contributed by atoms with Crippen molar-refractivity contribution in [1.29, 1.82) is 0 Å². The molecule has 3 aromatic carbocycles. The zero-order valence-corrected chi connectivity index (χ0v) is 23.0. The lowest BCUT2D eigenvalue weighted by Gasteiger charge is -2.14. The molecule has 0 saturated heterocycles. The van der Waals surface area contributed by atoms with Crippen LogP contribution in [0.3, 0.4) is 0 Å². The second-order valence-electron chi connectivity index (χ2n) is 9.56. The van der Waals surface area contributed by atoms with Gasteiger partial charge in [0.05, 0.1) is 0 Å². The molecule has 0 bridgehead atoms. The van der Waals surface area contributed by atoms with Crippen molar-refractivity contribution < 1.29 is 0 Å². The standard InChI is InChI=1S/C38H32N2/c1-5-27(6-2)33-19-35(23-37(21-33)31-14-10-16-39-25-31)29-12-9-13-30(18-29)36-20-34(28(7-3)8-4)22-38(24-36)32-15-11-17-40-26-32/h5-26H,1,3H2,2,4H3/b27-6+,28-8+. The van der Waals surface area contributed by atoms with Crippen LogP contribution in [0, 0.1) is 0 Å². The summed E-state index contributed by atoms with van der Waals surface area (Å²) in [6.45, 7) is 12.2. The van der Waals surface area contributed by atoms with E-state index in [0.717, 1.165) is 66.8 Å². The number of allylic oxidation sites excluding steroid dienone is 6. The highest BCUT2D eigenvalue weighted by molar-refractivity contribution is 5.86. The molecule has 0 spiro atoms. The second kappa shape index (κ2) is 12.2. The van der Waals surface area contributed by atoms with Crippen molar-refractivity contribution >= 4 is 11.1 Å². The molecule has 194 valence electrons. The van der Waals surface area contributed by atoms with Crippen LogP contribution in [0.2, 0.25) is 0 Å². The third kappa shape index (κ3) is 5.67. The van der Waals surface area contributed by atoms with Crippen molar-refractivity contribution in [3.8, 4) is 44.5 Å². The van der Waals surface area contributed by atoms with Gasteiger partial charge in [-0.2, -0.15) is 0 Å². The van der Waals surface area contributed by atoms with Crippen LogP contribution in [0.25, 0.3) is 55.7 Å². The molecular formula is C38H32N2. The number of hydrogen-bond donors (Lipinski definition) is 0. The van der Waals surface area contributed by atoms with Crippen molar-refractivity contribution in [2.45, 2.75) is 13.8 Å². The fraction of sp³-hybridized carbons (Fsp3) is 0.0526. The van der Waals surface area contributed by atoms with Crippen LogP contribution in [0.15, 0.2) is 147 Å². The van der Waals surface area contributed by atoms with E-state index in [9.17, 15) is 0 Å². The van der Waals surface area contributed by atoms with Gasteiger partial charge in [0.1, 0.15) is 0 Å². The second-order valence-corrected chi connectivity index (χ2v) is 9.56. The monoisotopic (exact) mass is 516 g/mol. The minimum atomic E-state index is 1.08. The Morgan fingerprint density at radius 2 is 0.875 bits per heavy atom. The first-order chi connectivity index (χ1) is 19.6. The largest absolute Gasteiger partial charge is 0.264 e. The molecule has 5 rings (SSSR count). The Hall–Kier alpha value is -5.08. The van der Waals surface area contributed by atoms with Gasteiger partial charge < -0.3 is 0 Å². The molecule has 5 aromatic rings. The van der Waals surface area contributed by atoms with E-state index in [-0.39, 0.29) is 0 Å². The molecule has 0 aliphatic heterocycles. The molecular weight excluding hydrogens is 484 g/mol. The molecule has 2 nitrogen and oxygen atoms in total. The maximum absolute atomic E-state index is 4.35. The summed E-state index contributed by atoms with van der Waals surface area (Å²) < 4.78 is 0. The van der Waals surface area contributed by atoms with Crippen LogP contribution in [0.1, 0.15) is 25.0 Å². The van der Waals surface area contributed by atoms with Crippen molar-refractivity contribution in [1.82, 2.24) is 9.97 Å². The van der Waals surface area contributed by atoms with Gasteiger partial charge in [-0.05, 0) is 124 Å². The molecule has 0 saturated carbocycles. The summed E-state index contributed by atoms with van der Waals surface area (Å²) in [6, 6.07) is 30.3. The minimum absolute atomic E-state index is 1.08. The molecule has 2 heterocycles. The highest BCUT2D eigenvalue weighted by Crippen LogP contribution is 2.35. The van der Waals surface area contributed by atoms with Gasteiger partial charge in [0, 0.05) is 35.9 Å². The van der Waals surface area contributed by atoms with E-state index in [0.29, 0.717) is 0 Å². The molecule has 0 unspecified atom stereocenters. The van der Waals surface area contributed by atoms with Crippen LogP contribution in [0.4, 0.5) is 0 Å². The van der Waals surface area contributed by atoms with Crippen LogP contribution in [0.5, 0.6) is 0 Å². The first kappa shape index (κ1) is 26.5. The number of pyridine rings is 2. The maximum atomic E-state index is 4.35. The van der Waals surface area contributed by atoms with E-state index in [1.54, 1.807) is 12.4 Å². The van der Waals surface area contributed by atoms with E-state index < -0.39 is 0 Å². The summed E-state index contributed by atoms with van der Waals surface area (Å²) in [4.78, 5) is 8.70. The molecule has 0 aliphatic carbocycles. The van der Waals surface area contributed by atoms with Gasteiger partial charge in [-0.1, -0.05) is 67.8 Å². The van der Waals surface area contributed by atoms with E-state index in [1.165, 1.54) is 0 Å². The van der Waals surface area contributed by atoms with Gasteiger partial charge in [-0.25, -0.2) is 0 Å². The van der Waals surface area contributed by atoms with Gasteiger partial charge in [0.15, 0.2) is 0 Å². The molecule has 40 heavy (non-hydrogen) atoms. The van der Waals surface area contributed by atoms with Gasteiger partial charge in [-0.15, -0.1) is 0 Å². The Morgan fingerprint density at radius 3 is 1.23 bits per heavy atom. The summed E-state index contributed by atoms with van der Waals surface area (Å²) in [5, 5.41) is 0. The van der Waals surface area contributed by atoms with Gasteiger partial charge in [-0.3, -0.25) is 9.97 Å². The van der Waals surface area contributed by atoms with Gasteiger partial charge >= 0.3 is 0 Å². The number of hydrogen-bond acceptors (Lipinski definition) is 2. The molecule has 0 atom stereocenters. The first-order valence-corrected chi connectivity index (χ1v) is 13.4. The fourth-order valence-corrected chi connectivity index (χ4v) is 5.01. The Balaban J connectivity index is 1.67. The summed E-state index contributed by atoms with van der Waals surface area (Å²) in [6.07, 6.45) is 15.4. The lowest BCUT2D eigenvalue weighted by Crippen LogP contribution is -1.90. The predicted molar refractivity (Wildman–Crippen MR) is 171 cm³/mol. The summed E-state index contributed by atoms with van der Waals surface area (Å²) >= 11 is 0. The lowest BCUT2D eigenvalue weighted by atomic mass is 9.90. The third-order valence-corrected chi connectivity index (χ3v) is 7.11. The average molecular weight is 517 g/mol. The van der Waals surface area contributed by atoms with E-state index >= 15 is 0 Å². The van der Waals surface area contributed by atoms with Crippen LogP contribution < -0.4 is 0 Å². The molecule has 0 fully saturated rings. The number of benzene rings is 3. The van der Waals surface area contributed by atoms with E-state index in [1.807, 2.05) is 50.5 Å². The SMILES string of the molecule is C=C/C(=C\C)c1cc(-c2cccnc2)cc(-c2cccc(-c3cc(/C(C=C)=C/C)cc(-c4cccnc4)c3)c2)c1. The summed E-state index contributed by atoms with van der Waals surface area (Å²) in [7, 11) is 0. The van der Waals surface area contributed by atoms with Crippen molar-refractivity contribution in [2.75, 3.05) is 0 Å². The smallest absolute Gasteiger partial charge is 0.0346 e. The third-order valence-electron chi connectivity index (χ3n) is 7.11. The average Bonchev–Trinajstić information content (AvgIpc) is 3.03. The number of nitrogens with zero attached hydrogens (tertiary/aromatic N) is 2. The molecule has 2 aromatic heterocycles. The Kier molecular flexibility index (Phi) is 8.08. The quantitative estimate of drug-likeness (QED) is 0.192. The zero-order chi connectivity index (χ0) is 27.9. The molecule has 2 heteroatoms. The van der Waals surface area contributed by atoms with Crippen LogP contribution in [-0.2, 0) is 0 Å². The van der Waals surface area contributed by atoms with Crippen molar-refractivity contribution in [3.63, 3.8) is 0 Å². The van der Waals surface area contributed by atoms with Gasteiger partial charge in [0.2, 0.25) is 0 Å². The number of rotatable bonds is 8. The Labute approximate surface area is 237 Å². The highest BCUT2D eigenvalue weighted by atomic mass is 14.6. The zero-order valence-electron chi connectivity index (χ0n) is 23.0.